The number of nitrogens with one attached hydrogen (secondary N) is 1. The molecule has 0 aliphatic heterocycles. The van der Waals surface area contributed by atoms with Gasteiger partial charge in [0.05, 0.1) is 0 Å². The first-order chi connectivity index (χ1) is 9.16. The van der Waals surface area contributed by atoms with Crippen molar-refractivity contribution in [3.05, 3.63) is 35.9 Å². The van der Waals surface area contributed by atoms with Gasteiger partial charge in [0.1, 0.15) is 6.54 Å². The number of rotatable bonds is 4. The van der Waals surface area contributed by atoms with Gasteiger partial charge in [0, 0.05) is 5.92 Å². The summed E-state index contributed by atoms with van der Waals surface area (Å²) in [6.07, 6.45) is 3.67. The molecule has 1 aromatic carbocycles. The number of carboxylic acids is 1. The van der Waals surface area contributed by atoms with E-state index in [4.69, 9.17) is 5.11 Å². The maximum absolute atomic E-state index is 11.8. The third-order valence-electron chi connectivity index (χ3n) is 3.78. The Bertz CT molecular complexity index is 436. The van der Waals surface area contributed by atoms with Gasteiger partial charge in [-0.05, 0) is 37.2 Å². The molecule has 4 heteroatoms. The summed E-state index contributed by atoms with van der Waals surface area (Å²) >= 11 is 0. The number of benzene rings is 1. The summed E-state index contributed by atoms with van der Waals surface area (Å²) in [7, 11) is 0. The van der Waals surface area contributed by atoms with Crippen molar-refractivity contribution in [3.63, 3.8) is 0 Å². The number of hydrogen-bond acceptors (Lipinski definition) is 2. The minimum Gasteiger partial charge on any atom is -0.480 e. The number of carbonyl (C=O) groups excluding carboxylic acids is 1. The first-order valence-corrected chi connectivity index (χ1v) is 6.71. The number of carboxylic acid groups (broad SMARTS) is 1. The Hall–Kier alpha value is -1.84. The second-order valence-electron chi connectivity index (χ2n) is 5.07. The van der Waals surface area contributed by atoms with Crippen LogP contribution in [0.4, 0.5) is 0 Å². The summed E-state index contributed by atoms with van der Waals surface area (Å²) in [5.41, 5.74) is 1.34. The molecule has 2 N–H and O–H groups in total. The Labute approximate surface area is 112 Å². The highest BCUT2D eigenvalue weighted by atomic mass is 16.4. The van der Waals surface area contributed by atoms with Crippen LogP contribution in [-0.2, 0) is 9.59 Å². The van der Waals surface area contributed by atoms with E-state index in [9.17, 15) is 9.59 Å². The third-order valence-corrected chi connectivity index (χ3v) is 3.78. The lowest BCUT2D eigenvalue weighted by Crippen LogP contribution is -2.36. The van der Waals surface area contributed by atoms with Crippen LogP contribution in [-0.4, -0.2) is 23.5 Å². The average Bonchev–Trinajstić information content (AvgIpc) is 2.46. The van der Waals surface area contributed by atoms with Crippen molar-refractivity contribution in [2.24, 2.45) is 5.92 Å². The Balaban J connectivity index is 1.82. The Morgan fingerprint density at radius 2 is 1.74 bits per heavy atom. The van der Waals surface area contributed by atoms with Gasteiger partial charge in [0.15, 0.2) is 0 Å². The highest BCUT2D eigenvalue weighted by Crippen LogP contribution is 2.35. The number of hydrogen-bond donors (Lipinski definition) is 2. The fourth-order valence-electron chi connectivity index (χ4n) is 2.72. The zero-order valence-corrected chi connectivity index (χ0v) is 10.8. The fraction of sp³-hybridized carbons (Fsp3) is 0.467. The number of carbonyl (C=O) groups is 2. The Morgan fingerprint density at radius 1 is 1.11 bits per heavy atom. The van der Waals surface area contributed by atoms with Crippen molar-refractivity contribution >= 4 is 11.9 Å². The van der Waals surface area contributed by atoms with Crippen molar-refractivity contribution in [1.82, 2.24) is 5.32 Å². The van der Waals surface area contributed by atoms with Crippen LogP contribution >= 0.6 is 0 Å². The minimum atomic E-state index is -0.994. The van der Waals surface area contributed by atoms with Gasteiger partial charge < -0.3 is 10.4 Å². The Morgan fingerprint density at radius 3 is 2.32 bits per heavy atom. The molecule has 2 rings (SSSR count). The van der Waals surface area contributed by atoms with E-state index in [0.29, 0.717) is 5.92 Å². The van der Waals surface area contributed by atoms with Gasteiger partial charge in [-0.3, -0.25) is 9.59 Å². The summed E-state index contributed by atoms with van der Waals surface area (Å²) in [4.78, 5) is 22.2. The van der Waals surface area contributed by atoms with Crippen molar-refractivity contribution in [1.29, 1.82) is 0 Å². The largest absolute Gasteiger partial charge is 0.480 e. The topological polar surface area (TPSA) is 66.4 Å². The van der Waals surface area contributed by atoms with Gasteiger partial charge in [-0.15, -0.1) is 0 Å². The summed E-state index contributed by atoms with van der Waals surface area (Å²) in [6.45, 7) is -0.280. The minimum absolute atomic E-state index is 0.0284. The average molecular weight is 261 g/mol. The van der Waals surface area contributed by atoms with Crippen LogP contribution in [0, 0.1) is 5.92 Å². The zero-order valence-electron chi connectivity index (χ0n) is 10.8. The van der Waals surface area contributed by atoms with Gasteiger partial charge >= 0.3 is 5.97 Å². The van der Waals surface area contributed by atoms with Crippen LogP contribution in [0.25, 0.3) is 0 Å². The first kappa shape index (κ1) is 13.6. The summed E-state index contributed by atoms with van der Waals surface area (Å²) in [5, 5.41) is 11.0. The van der Waals surface area contributed by atoms with Crippen molar-refractivity contribution in [2.75, 3.05) is 6.54 Å². The monoisotopic (exact) mass is 261 g/mol. The molecule has 0 atom stereocenters. The van der Waals surface area contributed by atoms with Gasteiger partial charge in [0.2, 0.25) is 5.91 Å². The maximum Gasteiger partial charge on any atom is 0.322 e. The first-order valence-electron chi connectivity index (χ1n) is 6.71. The lowest BCUT2D eigenvalue weighted by atomic mass is 9.78. The molecule has 102 valence electrons. The second-order valence-corrected chi connectivity index (χ2v) is 5.07. The standard InChI is InChI=1S/C15H19NO3/c17-14(18)10-16-15(19)13-8-6-12(7-9-13)11-4-2-1-3-5-11/h1-5,12-13H,6-10H2,(H,16,19)(H,17,18). The maximum atomic E-state index is 11.8. The second kappa shape index (κ2) is 6.36. The molecule has 1 fully saturated rings. The molecule has 1 amide bonds. The van der Waals surface area contributed by atoms with Gasteiger partial charge in [-0.2, -0.15) is 0 Å². The molecule has 0 heterocycles. The molecule has 0 bridgehead atoms. The molecule has 0 spiro atoms. The number of aliphatic carboxylic acids is 1. The molecule has 1 saturated carbocycles. The van der Waals surface area contributed by atoms with E-state index in [-0.39, 0.29) is 18.4 Å². The van der Waals surface area contributed by atoms with E-state index in [2.05, 4.69) is 17.4 Å². The molecule has 0 aromatic heterocycles. The molecular weight excluding hydrogens is 242 g/mol. The molecule has 1 aliphatic carbocycles. The van der Waals surface area contributed by atoms with E-state index < -0.39 is 5.97 Å². The van der Waals surface area contributed by atoms with Crippen molar-refractivity contribution in [3.8, 4) is 0 Å². The van der Waals surface area contributed by atoms with Gasteiger partial charge in [-0.1, -0.05) is 30.3 Å². The summed E-state index contributed by atoms with van der Waals surface area (Å²) in [5.74, 6) is -0.607. The normalized spacial score (nSPS) is 22.7. The Kier molecular flexibility index (Phi) is 4.55. The summed E-state index contributed by atoms with van der Waals surface area (Å²) < 4.78 is 0. The van der Waals surface area contributed by atoms with E-state index in [1.54, 1.807) is 0 Å². The molecule has 19 heavy (non-hydrogen) atoms. The summed E-state index contributed by atoms with van der Waals surface area (Å²) in [6, 6.07) is 10.4. The van der Waals surface area contributed by atoms with E-state index in [1.807, 2.05) is 18.2 Å². The molecular formula is C15H19NO3. The lowest BCUT2D eigenvalue weighted by Gasteiger charge is -2.27. The van der Waals surface area contributed by atoms with Crippen LogP contribution in [0.5, 0.6) is 0 Å². The fourth-order valence-corrected chi connectivity index (χ4v) is 2.72. The predicted molar refractivity (Wildman–Crippen MR) is 71.8 cm³/mol. The third kappa shape index (κ3) is 3.81. The van der Waals surface area contributed by atoms with E-state index in [0.717, 1.165) is 25.7 Å². The highest BCUT2D eigenvalue weighted by Gasteiger charge is 2.26. The smallest absolute Gasteiger partial charge is 0.322 e. The van der Waals surface area contributed by atoms with Crippen molar-refractivity contribution < 1.29 is 14.7 Å². The highest BCUT2D eigenvalue weighted by molar-refractivity contribution is 5.82. The molecule has 1 aromatic rings. The zero-order chi connectivity index (χ0) is 13.7. The molecule has 1 aliphatic rings. The predicted octanol–water partition coefficient (Wildman–Crippen LogP) is 2.16. The van der Waals surface area contributed by atoms with Crippen molar-refractivity contribution in [2.45, 2.75) is 31.6 Å². The molecule has 0 saturated heterocycles. The van der Waals surface area contributed by atoms with Gasteiger partial charge in [-0.25, -0.2) is 0 Å². The molecule has 0 radical (unpaired) electrons. The van der Waals surface area contributed by atoms with E-state index >= 15 is 0 Å². The van der Waals surface area contributed by atoms with Crippen LogP contribution in [0.15, 0.2) is 30.3 Å². The van der Waals surface area contributed by atoms with Gasteiger partial charge in [0.25, 0.3) is 0 Å². The SMILES string of the molecule is O=C(O)CNC(=O)C1CCC(c2ccccc2)CC1. The van der Waals surface area contributed by atoms with Crippen LogP contribution in [0.3, 0.4) is 0 Å². The quantitative estimate of drug-likeness (QED) is 0.872. The van der Waals surface area contributed by atoms with E-state index in [1.165, 1.54) is 5.56 Å². The van der Waals surface area contributed by atoms with Crippen LogP contribution in [0.1, 0.15) is 37.2 Å². The van der Waals surface area contributed by atoms with Crippen LogP contribution in [0.2, 0.25) is 0 Å². The lowest BCUT2D eigenvalue weighted by molar-refractivity contribution is -0.138. The number of amides is 1. The molecule has 0 unspecified atom stereocenters. The van der Waals surface area contributed by atoms with Crippen LogP contribution < -0.4 is 5.32 Å². The molecule has 4 nitrogen and oxygen atoms in total.